The number of aliphatic hydroxyl groups is 1. The van der Waals surface area contributed by atoms with E-state index >= 15 is 0 Å². The molecule has 0 aliphatic carbocycles. The maximum absolute atomic E-state index is 13.8. The van der Waals surface area contributed by atoms with Crippen LogP contribution in [-0.4, -0.2) is 134 Å². The molecule has 1 unspecified atom stereocenters. The SMILES string of the molecule is C=C1C[C@@H]2CC[C@@]34C[C@@H]5O[C@@H]6C(O[C@H]7CC[C@H](CC(=O)O[C@@H]8[C@@H](OC)[C@@H](C[C@H](O)CN)O[C@H]8C[C@H]8O[C@@H](CC[C@@H]1O2)C[C@@H](C)C8=C)O[C@@H]7[C@@H]6O3)[C@@H]5O4. The fourth-order valence-electron chi connectivity index (χ4n) is 10.8. The largest absolute Gasteiger partial charge is 0.457 e. The van der Waals surface area contributed by atoms with Crippen LogP contribution in [0.3, 0.4) is 0 Å². The van der Waals surface area contributed by atoms with Crippen LogP contribution in [0.1, 0.15) is 84.0 Å². The molecule has 0 aromatic heterocycles. The monoisotopic (exact) mass is 731 g/mol. The van der Waals surface area contributed by atoms with Crippen molar-refractivity contribution >= 4 is 5.97 Å². The molecule has 10 heterocycles. The normalized spacial score (nSPS) is 52.2. The number of carbonyl (C=O) groups is 1. The van der Waals surface area contributed by atoms with E-state index in [9.17, 15) is 9.90 Å². The molecule has 19 atom stereocenters. The molecule has 10 saturated heterocycles. The van der Waals surface area contributed by atoms with Crippen molar-refractivity contribution in [2.75, 3.05) is 13.7 Å². The van der Waals surface area contributed by atoms with E-state index in [0.717, 1.165) is 49.7 Å². The summed E-state index contributed by atoms with van der Waals surface area (Å²) in [7, 11) is 1.58. The van der Waals surface area contributed by atoms with Crippen molar-refractivity contribution in [3.63, 3.8) is 0 Å². The molecule has 13 heteroatoms. The van der Waals surface area contributed by atoms with Crippen molar-refractivity contribution in [1.82, 2.24) is 0 Å². The molecule has 3 N–H and O–H groups in total. The van der Waals surface area contributed by atoms with Crippen LogP contribution in [0.25, 0.3) is 0 Å². The van der Waals surface area contributed by atoms with Gasteiger partial charge >= 0.3 is 5.97 Å². The standard InChI is InChI=1S/C39H57NO12/c1-18-11-22-5-7-25-19(2)12-24(44-25)9-10-39-16-30-35(51-39)36-37(49-30)38(52-39)33-26(48-36)8-6-23(46-33)14-31(42)50-34-29(15-27(45-22)20(18)3)47-28(32(34)43-4)13-21(41)17-40/h18,21-30,32-38,41H,2-3,5-17,40H2,1,4H3/t18-,21+,22+,23-,24+,25+,26+,27-,28-,29+,30+,32+,33+,34+,35-,36?,37-,38+,39+/m1/s1. The highest BCUT2D eigenvalue weighted by atomic mass is 16.8. The van der Waals surface area contributed by atoms with Crippen LogP contribution in [0.5, 0.6) is 0 Å². The predicted octanol–water partition coefficient (Wildman–Crippen LogP) is 2.77. The predicted molar refractivity (Wildman–Crippen MR) is 183 cm³/mol. The van der Waals surface area contributed by atoms with Crippen molar-refractivity contribution in [2.45, 2.75) is 194 Å². The Bertz CT molecular complexity index is 1380. The summed E-state index contributed by atoms with van der Waals surface area (Å²) in [5.74, 6) is -0.960. The van der Waals surface area contributed by atoms with Crippen LogP contribution in [0.15, 0.2) is 24.3 Å². The number of esters is 1. The highest BCUT2D eigenvalue weighted by molar-refractivity contribution is 5.70. The smallest absolute Gasteiger partial charge is 0.308 e. The number of carbonyl (C=O) groups excluding carboxylic acids is 1. The Morgan fingerprint density at radius 1 is 0.808 bits per heavy atom. The third-order valence-electron chi connectivity index (χ3n) is 13.5. The lowest BCUT2D eigenvalue weighted by molar-refractivity contribution is -0.293. The Balaban J connectivity index is 0.994. The van der Waals surface area contributed by atoms with Crippen molar-refractivity contribution < 1.29 is 57.3 Å². The van der Waals surface area contributed by atoms with E-state index in [1.165, 1.54) is 0 Å². The van der Waals surface area contributed by atoms with Gasteiger partial charge in [0.15, 0.2) is 11.9 Å². The second-order valence-corrected chi connectivity index (χ2v) is 17.0. The number of hydrogen-bond acceptors (Lipinski definition) is 13. The van der Waals surface area contributed by atoms with Gasteiger partial charge in [0.1, 0.15) is 42.7 Å². The van der Waals surface area contributed by atoms with Crippen molar-refractivity contribution in [1.29, 1.82) is 0 Å². The Morgan fingerprint density at radius 3 is 2.38 bits per heavy atom. The summed E-state index contributed by atoms with van der Waals surface area (Å²) in [5.41, 5.74) is 7.91. The van der Waals surface area contributed by atoms with Crippen LogP contribution in [0.2, 0.25) is 0 Å². The molecule has 0 aromatic carbocycles. The van der Waals surface area contributed by atoms with Gasteiger partial charge in [-0.2, -0.15) is 0 Å². The third-order valence-corrected chi connectivity index (χ3v) is 13.5. The first-order chi connectivity index (χ1) is 25.1. The molecule has 13 nitrogen and oxygen atoms in total. The summed E-state index contributed by atoms with van der Waals surface area (Å²) in [4.78, 5) is 13.8. The second kappa shape index (κ2) is 14.2. The first kappa shape index (κ1) is 36.2. The van der Waals surface area contributed by atoms with Gasteiger partial charge in [0.25, 0.3) is 0 Å². The van der Waals surface area contributed by atoms with Crippen LogP contribution in [0.4, 0.5) is 0 Å². The minimum absolute atomic E-state index is 0.00433. The number of aliphatic hydroxyl groups excluding tert-OH is 1. The second-order valence-electron chi connectivity index (χ2n) is 17.0. The van der Waals surface area contributed by atoms with Crippen LogP contribution in [0, 0.1) is 5.92 Å². The molecule has 12 bridgehead atoms. The molecule has 10 rings (SSSR count). The van der Waals surface area contributed by atoms with Gasteiger partial charge in [0.2, 0.25) is 0 Å². The van der Waals surface area contributed by atoms with Gasteiger partial charge < -0.3 is 58.2 Å². The van der Waals surface area contributed by atoms with Gasteiger partial charge in [-0.1, -0.05) is 20.1 Å². The molecule has 52 heavy (non-hydrogen) atoms. The summed E-state index contributed by atoms with van der Waals surface area (Å²) in [5, 5.41) is 10.5. The van der Waals surface area contributed by atoms with E-state index in [1.54, 1.807) is 7.11 Å². The minimum Gasteiger partial charge on any atom is -0.457 e. The molecule has 10 aliphatic heterocycles. The van der Waals surface area contributed by atoms with Gasteiger partial charge in [0.05, 0.1) is 61.4 Å². The minimum atomic E-state index is -0.805. The molecule has 10 fully saturated rings. The Hall–Kier alpha value is -1.49. The van der Waals surface area contributed by atoms with Gasteiger partial charge in [-0.25, -0.2) is 0 Å². The lowest BCUT2D eigenvalue weighted by Gasteiger charge is -2.47. The zero-order valence-corrected chi connectivity index (χ0v) is 30.5. The zero-order chi connectivity index (χ0) is 35.9. The molecular weight excluding hydrogens is 674 g/mol. The number of rotatable bonds is 4. The molecule has 0 radical (unpaired) electrons. The zero-order valence-electron chi connectivity index (χ0n) is 30.5. The van der Waals surface area contributed by atoms with E-state index < -0.39 is 54.5 Å². The lowest BCUT2D eigenvalue weighted by Crippen LogP contribution is -2.61. The summed E-state index contributed by atoms with van der Waals surface area (Å²) >= 11 is 0. The number of hydrogen-bond donors (Lipinski definition) is 2. The topological polar surface area (TPSA) is 156 Å². The van der Waals surface area contributed by atoms with Gasteiger partial charge in [-0.05, 0) is 62.0 Å². The molecule has 0 saturated carbocycles. The number of nitrogens with two attached hydrogens (primary N) is 1. The van der Waals surface area contributed by atoms with E-state index in [0.29, 0.717) is 25.7 Å². The lowest BCUT2D eigenvalue weighted by atomic mass is 9.84. The summed E-state index contributed by atoms with van der Waals surface area (Å²) in [6.45, 7) is 11.1. The maximum atomic E-state index is 13.8. The molecule has 290 valence electrons. The maximum Gasteiger partial charge on any atom is 0.308 e. The average Bonchev–Trinajstić information content (AvgIpc) is 3.79. The molecular formula is C39H57NO12. The molecule has 0 amide bonds. The van der Waals surface area contributed by atoms with Gasteiger partial charge in [-0.15, -0.1) is 0 Å². The Labute approximate surface area is 306 Å². The first-order valence-corrected chi connectivity index (χ1v) is 19.9. The average molecular weight is 732 g/mol. The summed E-state index contributed by atoms with van der Waals surface area (Å²) in [6.07, 6.45) is 1.99. The van der Waals surface area contributed by atoms with Crippen LogP contribution < -0.4 is 5.73 Å². The Kier molecular flexibility index (Phi) is 9.89. The highest BCUT2D eigenvalue weighted by Gasteiger charge is 2.68. The molecule has 10 aliphatic rings. The van der Waals surface area contributed by atoms with E-state index in [-0.39, 0.29) is 86.3 Å². The quantitative estimate of drug-likeness (QED) is 0.322. The van der Waals surface area contributed by atoms with Crippen LogP contribution >= 0.6 is 0 Å². The Morgan fingerprint density at radius 2 is 1.56 bits per heavy atom. The van der Waals surface area contributed by atoms with Gasteiger partial charge in [0, 0.05) is 39.3 Å². The fraction of sp³-hybridized carbons (Fsp3) is 0.872. The van der Waals surface area contributed by atoms with Crippen molar-refractivity contribution in [2.24, 2.45) is 11.7 Å². The van der Waals surface area contributed by atoms with Crippen molar-refractivity contribution in [3.8, 4) is 0 Å². The number of fused-ring (bicyclic) bond motifs is 6. The van der Waals surface area contributed by atoms with E-state index in [4.69, 9.17) is 53.1 Å². The van der Waals surface area contributed by atoms with E-state index in [1.807, 2.05) is 0 Å². The fourth-order valence-corrected chi connectivity index (χ4v) is 10.8. The molecule has 0 aromatic rings. The highest BCUT2D eigenvalue weighted by Crippen LogP contribution is 2.54. The van der Waals surface area contributed by atoms with Crippen LogP contribution in [-0.2, 0) is 52.2 Å². The summed E-state index contributed by atoms with van der Waals surface area (Å²) < 4.78 is 65.8. The molecule has 1 spiro atoms. The number of methoxy groups -OCH3 is 1. The third kappa shape index (κ3) is 6.53. The van der Waals surface area contributed by atoms with E-state index in [2.05, 4.69) is 20.1 Å². The van der Waals surface area contributed by atoms with Crippen molar-refractivity contribution in [3.05, 3.63) is 24.3 Å². The van der Waals surface area contributed by atoms with Gasteiger partial charge in [-0.3, -0.25) is 4.79 Å². The summed E-state index contributed by atoms with van der Waals surface area (Å²) in [6, 6.07) is 0. The first-order valence-electron chi connectivity index (χ1n) is 19.9. The number of ether oxygens (including phenoxy) is 10.